The number of nitrogens with one attached hydrogen (secondary N) is 1. The number of phenols is 1. The average molecular weight is 454 g/mol. The molecule has 4 atom stereocenters. The van der Waals surface area contributed by atoms with Crippen molar-refractivity contribution in [2.45, 2.75) is 43.6 Å². The van der Waals surface area contributed by atoms with E-state index in [1.165, 1.54) is 25.4 Å². The number of anilines is 1. The van der Waals surface area contributed by atoms with E-state index in [2.05, 4.69) is 25.5 Å². The smallest absolute Gasteiger partial charge is 0.255 e. The van der Waals surface area contributed by atoms with Gasteiger partial charge >= 0.3 is 0 Å². The number of rotatable bonds is 5. The van der Waals surface area contributed by atoms with Gasteiger partial charge in [0.05, 0.1) is 24.9 Å². The van der Waals surface area contributed by atoms with Crippen molar-refractivity contribution in [1.29, 1.82) is 0 Å². The zero-order valence-electron chi connectivity index (χ0n) is 18.2. The summed E-state index contributed by atoms with van der Waals surface area (Å²) >= 11 is 0. The van der Waals surface area contributed by atoms with Crippen LogP contribution in [-0.4, -0.2) is 63.7 Å². The number of pyridine rings is 1. The monoisotopic (exact) mass is 454 g/mol. The minimum absolute atomic E-state index is 0.0144. The maximum absolute atomic E-state index is 14.9. The van der Waals surface area contributed by atoms with Crippen molar-refractivity contribution in [1.82, 2.24) is 25.5 Å². The Morgan fingerprint density at radius 2 is 1.97 bits per heavy atom. The first-order valence-electron chi connectivity index (χ1n) is 10.8. The van der Waals surface area contributed by atoms with Crippen LogP contribution in [0.5, 0.6) is 11.5 Å². The molecule has 2 saturated heterocycles. The van der Waals surface area contributed by atoms with E-state index < -0.39 is 12.1 Å². The van der Waals surface area contributed by atoms with Gasteiger partial charge in [-0.2, -0.15) is 4.39 Å². The van der Waals surface area contributed by atoms with Crippen LogP contribution in [0.4, 0.5) is 14.6 Å². The van der Waals surface area contributed by atoms with Gasteiger partial charge in [0.15, 0.2) is 17.4 Å². The lowest BCUT2D eigenvalue weighted by atomic mass is 9.96. The van der Waals surface area contributed by atoms with E-state index in [-0.39, 0.29) is 29.4 Å². The Kier molecular flexibility index (Phi) is 5.53. The third kappa shape index (κ3) is 3.95. The minimum Gasteiger partial charge on any atom is -0.507 e. The van der Waals surface area contributed by atoms with Crippen molar-refractivity contribution < 1.29 is 18.6 Å². The lowest BCUT2D eigenvalue weighted by Crippen LogP contribution is -2.55. The molecule has 3 aromatic rings. The second kappa shape index (κ2) is 8.51. The van der Waals surface area contributed by atoms with Crippen molar-refractivity contribution in [2.24, 2.45) is 0 Å². The number of hydrogen-bond acceptors (Lipinski definition) is 8. The van der Waals surface area contributed by atoms with Gasteiger partial charge in [-0.05, 0) is 43.0 Å². The molecule has 0 aliphatic carbocycles. The number of alkyl halides is 1. The highest BCUT2D eigenvalue weighted by Crippen LogP contribution is 2.35. The van der Waals surface area contributed by atoms with Crippen molar-refractivity contribution in [2.75, 3.05) is 19.1 Å². The van der Waals surface area contributed by atoms with Gasteiger partial charge < -0.3 is 20.1 Å². The molecule has 5 rings (SSSR count). The minimum atomic E-state index is -0.980. The first-order valence-corrected chi connectivity index (χ1v) is 10.8. The van der Waals surface area contributed by atoms with Gasteiger partial charge in [-0.15, -0.1) is 10.2 Å². The summed E-state index contributed by atoms with van der Waals surface area (Å²) in [6, 6.07) is 6.37. The Balaban J connectivity index is 1.36. The zero-order chi connectivity index (χ0) is 23.1. The molecule has 0 saturated carbocycles. The van der Waals surface area contributed by atoms with Crippen LogP contribution < -0.4 is 15.0 Å². The van der Waals surface area contributed by atoms with E-state index >= 15 is 0 Å². The quantitative estimate of drug-likeness (QED) is 0.568. The van der Waals surface area contributed by atoms with Crippen LogP contribution in [0.3, 0.4) is 0 Å². The number of hydrogen-bond donors (Lipinski definition) is 2. The summed E-state index contributed by atoms with van der Waals surface area (Å²) in [7, 11) is 3.17. The number of benzene rings is 1. The summed E-state index contributed by atoms with van der Waals surface area (Å²) in [6.45, 7) is 0. The van der Waals surface area contributed by atoms with Crippen LogP contribution in [0.25, 0.3) is 22.5 Å². The number of aromatic nitrogens is 4. The number of nitrogens with zero attached hydrogens (tertiary/aromatic N) is 5. The standard InChI is InChI=1S/C23H24F2N6O2/c1-31(17-9-14-4-6-16(28-14)21(17)24)20-11-27-23(30-29-20)15-5-3-12(7-18(15)32)13-8-19(33-2)22(25)26-10-13/h3,5,7-8,10-11,14,16-17,21,28,32H,4,6,9H2,1-2H3/t14-,16+,17+,21-/m0/s1. The summed E-state index contributed by atoms with van der Waals surface area (Å²) in [5.41, 5.74) is 1.61. The third-order valence-corrected chi connectivity index (χ3v) is 6.56. The molecule has 1 aromatic carbocycles. The molecule has 0 unspecified atom stereocenters. The molecule has 4 heterocycles. The first-order chi connectivity index (χ1) is 15.9. The zero-order valence-corrected chi connectivity index (χ0v) is 18.2. The molecule has 33 heavy (non-hydrogen) atoms. The summed E-state index contributed by atoms with van der Waals surface area (Å²) in [4.78, 5) is 9.83. The molecule has 2 bridgehead atoms. The van der Waals surface area contributed by atoms with E-state index in [9.17, 15) is 13.9 Å². The lowest BCUT2D eigenvalue weighted by Gasteiger charge is -2.38. The Bertz CT molecular complexity index is 1160. The summed E-state index contributed by atoms with van der Waals surface area (Å²) < 4.78 is 33.4. The van der Waals surface area contributed by atoms with Crippen LogP contribution in [0.1, 0.15) is 19.3 Å². The highest BCUT2D eigenvalue weighted by molar-refractivity contribution is 5.73. The van der Waals surface area contributed by atoms with E-state index in [1.807, 2.05) is 7.05 Å². The van der Waals surface area contributed by atoms with E-state index in [0.29, 0.717) is 35.0 Å². The number of ether oxygens (including phenoxy) is 1. The molecular weight excluding hydrogens is 430 g/mol. The molecule has 2 aromatic heterocycles. The van der Waals surface area contributed by atoms with Crippen LogP contribution in [-0.2, 0) is 0 Å². The SMILES string of the molecule is COc1cc(-c2ccc(-c3ncc(N(C)[C@@H]4C[C@@H]5CC[C@@H](N5)[C@@H]4F)nn3)c(O)c2)cnc1F. The maximum Gasteiger partial charge on any atom is 0.255 e. The van der Waals surface area contributed by atoms with Gasteiger partial charge in [-0.25, -0.2) is 14.4 Å². The van der Waals surface area contributed by atoms with Crippen LogP contribution in [0, 0.1) is 5.95 Å². The van der Waals surface area contributed by atoms with E-state index in [1.54, 1.807) is 23.2 Å². The van der Waals surface area contributed by atoms with E-state index in [0.717, 1.165) is 12.8 Å². The first kappa shape index (κ1) is 21.4. The lowest BCUT2D eigenvalue weighted by molar-refractivity contribution is 0.176. The second-order valence-corrected chi connectivity index (χ2v) is 8.49. The fraction of sp³-hybridized carbons (Fsp3) is 0.391. The van der Waals surface area contributed by atoms with Crippen LogP contribution in [0.2, 0.25) is 0 Å². The normalized spacial score (nSPS) is 24.0. The van der Waals surface area contributed by atoms with Crippen LogP contribution in [0.15, 0.2) is 36.7 Å². The maximum atomic E-state index is 14.9. The number of piperidine rings is 1. The Labute approximate surface area is 189 Å². The van der Waals surface area contributed by atoms with Crippen LogP contribution >= 0.6 is 0 Å². The molecule has 0 spiro atoms. The van der Waals surface area contributed by atoms with Crippen molar-refractivity contribution in [3.63, 3.8) is 0 Å². The molecule has 0 radical (unpaired) electrons. The fourth-order valence-electron chi connectivity index (χ4n) is 4.70. The van der Waals surface area contributed by atoms with Gasteiger partial charge in [-0.1, -0.05) is 6.07 Å². The predicted molar refractivity (Wildman–Crippen MR) is 118 cm³/mol. The number of fused-ring (bicyclic) bond motifs is 2. The topological polar surface area (TPSA) is 96.3 Å². The fourth-order valence-corrected chi connectivity index (χ4v) is 4.70. The molecule has 0 amide bonds. The number of phenolic OH excluding ortho intramolecular Hbond substituents is 1. The van der Waals surface area contributed by atoms with Gasteiger partial charge in [0.2, 0.25) is 0 Å². The van der Waals surface area contributed by atoms with Crippen molar-refractivity contribution in [3.8, 4) is 34.0 Å². The molecule has 2 fully saturated rings. The summed E-state index contributed by atoms with van der Waals surface area (Å²) in [6.07, 6.45) is 4.49. The van der Waals surface area contributed by atoms with Crippen molar-refractivity contribution in [3.05, 3.63) is 42.6 Å². The molecular formula is C23H24F2N6O2. The molecule has 10 heteroatoms. The highest BCUT2D eigenvalue weighted by atomic mass is 19.1. The molecule has 2 aliphatic rings. The Hall–Kier alpha value is -3.40. The Morgan fingerprint density at radius 3 is 2.70 bits per heavy atom. The molecule has 2 aliphatic heterocycles. The Morgan fingerprint density at radius 1 is 1.12 bits per heavy atom. The number of aromatic hydroxyl groups is 1. The van der Waals surface area contributed by atoms with Gasteiger partial charge in [-0.3, -0.25) is 0 Å². The number of methoxy groups -OCH3 is 1. The number of halogens is 2. The van der Waals surface area contributed by atoms with Gasteiger partial charge in [0, 0.05) is 30.9 Å². The third-order valence-electron chi connectivity index (χ3n) is 6.56. The average Bonchev–Trinajstić information content (AvgIpc) is 3.25. The van der Waals surface area contributed by atoms with E-state index in [4.69, 9.17) is 4.74 Å². The summed E-state index contributed by atoms with van der Waals surface area (Å²) in [5, 5.41) is 22.3. The molecule has 2 N–H and O–H groups in total. The van der Waals surface area contributed by atoms with Gasteiger partial charge in [0.25, 0.3) is 5.95 Å². The highest BCUT2D eigenvalue weighted by Gasteiger charge is 2.43. The largest absolute Gasteiger partial charge is 0.507 e. The van der Waals surface area contributed by atoms with Gasteiger partial charge in [0.1, 0.15) is 11.9 Å². The second-order valence-electron chi connectivity index (χ2n) is 8.49. The van der Waals surface area contributed by atoms with Crippen molar-refractivity contribution >= 4 is 5.82 Å². The molecule has 8 nitrogen and oxygen atoms in total. The molecule has 172 valence electrons. The summed E-state index contributed by atoms with van der Waals surface area (Å²) in [5.74, 6) is -0.0256. The predicted octanol–water partition coefficient (Wildman–Crippen LogP) is 3.12.